The Kier molecular flexibility index (Phi) is 3.03. The van der Waals surface area contributed by atoms with Crippen LogP contribution in [-0.4, -0.2) is 11.6 Å². The van der Waals surface area contributed by atoms with Crippen molar-refractivity contribution >= 4 is 11.6 Å². The summed E-state index contributed by atoms with van der Waals surface area (Å²) in [7, 11) is 0. The zero-order valence-electron chi connectivity index (χ0n) is 14.2. The Labute approximate surface area is 133 Å². The Balaban J connectivity index is 1.73. The number of allylic oxidation sites excluding steroid dienone is 1. The highest BCUT2D eigenvalue weighted by Gasteiger charge is 2.59. The van der Waals surface area contributed by atoms with E-state index in [-0.39, 0.29) is 10.8 Å². The molecule has 0 aromatic heterocycles. The van der Waals surface area contributed by atoms with Crippen molar-refractivity contribution in [2.24, 2.45) is 28.6 Å². The number of Topliss-reactive ketones (excluding diaryl/α,β-unsaturated/α-hetero) is 2. The molecule has 0 aromatic rings. The van der Waals surface area contributed by atoms with Gasteiger partial charge in [0.15, 0.2) is 5.78 Å². The standard InChI is InChI=1S/C20H28O2/c1-12-14-5-4-13-15-6-7-18(22)20(15,3)10-8-16(13)19(14,2)11-9-17(12)21/h13,15-16H,4-11H2,1-3H3/t13-,15-,16+,19-,20-/m0/s1. The Bertz CT molecular complexity index is 587. The average molecular weight is 300 g/mol. The summed E-state index contributed by atoms with van der Waals surface area (Å²) >= 11 is 0. The van der Waals surface area contributed by atoms with Gasteiger partial charge >= 0.3 is 0 Å². The molecule has 3 saturated carbocycles. The van der Waals surface area contributed by atoms with Crippen molar-refractivity contribution in [3.8, 4) is 0 Å². The summed E-state index contributed by atoms with van der Waals surface area (Å²) < 4.78 is 0. The Morgan fingerprint density at radius 3 is 2.36 bits per heavy atom. The highest BCUT2D eigenvalue weighted by atomic mass is 16.1. The maximum atomic E-state index is 12.4. The largest absolute Gasteiger partial charge is 0.299 e. The van der Waals surface area contributed by atoms with E-state index >= 15 is 0 Å². The predicted molar refractivity (Wildman–Crippen MR) is 86.3 cm³/mol. The van der Waals surface area contributed by atoms with Crippen LogP contribution in [0.2, 0.25) is 0 Å². The second kappa shape index (κ2) is 4.55. The highest BCUT2D eigenvalue weighted by molar-refractivity contribution is 5.96. The molecule has 120 valence electrons. The van der Waals surface area contributed by atoms with Crippen molar-refractivity contribution in [2.45, 2.75) is 72.1 Å². The molecule has 0 unspecified atom stereocenters. The Morgan fingerprint density at radius 2 is 1.59 bits per heavy atom. The third kappa shape index (κ3) is 1.67. The first-order valence-corrected chi connectivity index (χ1v) is 9.14. The van der Waals surface area contributed by atoms with Crippen LogP contribution in [0, 0.1) is 28.6 Å². The van der Waals surface area contributed by atoms with Gasteiger partial charge in [-0.3, -0.25) is 9.59 Å². The first-order chi connectivity index (χ1) is 10.4. The van der Waals surface area contributed by atoms with Crippen LogP contribution in [0.15, 0.2) is 11.1 Å². The maximum Gasteiger partial charge on any atom is 0.158 e. The molecular weight excluding hydrogens is 272 g/mol. The maximum absolute atomic E-state index is 12.4. The van der Waals surface area contributed by atoms with Crippen molar-refractivity contribution in [1.82, 2.24) is 0 Å². The summed E-state index contributed by atoms with van der Waals surface area (Å²) in [6.45, 7) is 6.72. The minimum absolute atomic E-state index is 0.0295. The molecule has 0 bridgehead atoms. The summed E-state index contributed by atoms with van der Waals surface area (Å²) in [5.74, 6) is 2.92. The van der Waals surface area contributed by atoms with Gasteiger partial charge in [0.2, 0.25) is 0 Å². The molecule has 0 aliphatic heterocycles. The number of rotatable bonds is 0. The fraction of sp³-hybridized carbons (Fsp3) is 0.800. The lowest BCUT2D eigenvalue weighted by molar-refractivity contribution is -0.132. The van der Waals surface area contributed by atoms with Crippen molar-refractivity contribution in [3.63, 3.8) is 0 Å². The van der Waals surface area contributed by atoms with E-state index in [1.165, 1.54) is 18.4 Å². The van der Waals surface area contributed by atoms with Crippen LogP contribution < -0.4 is 0 Å². The molecule has 5 atom stereocenters. The number of hydrogen-bond acceptors (Lipinski definition) is 2. The Morgan fingerprint density at radius 1 is 0.864 bits per heavy atom. The van der Waals surface area contributed by atoms with Crippen LogP contribution in [0.25, 0.3) is 0 Å². The highest BCUT2D eigenvalue weighted by Crippen LogP contribution is 2.64. The van der Waals surface area contributed by atoms with E-state index in [0.29, 0.717) is 29.3 Å². The Hall–Kier alpha value is -0.920. The third-order valence-electron chi connectivity index (χ3n) is 8.12. The molecule has 0 saturated heterocycles. The lowest BCUT2D eigenvalue weighted by atomic mass is 9.47. The van der Waals surface area contributed by atoms with Gasteiger partial charge in [0.25, 0.3) is 0 Å². The van der Waals surface area contributed by atoms with E-state index in [4.69, 9.17) is 0 Å². The quantitative estimate of drug-likeness (QED) is 0.661. The minimum Gasteiger partial charge on any atom is -0.299 e. The minimum atomic E-state index is -0.0295. The van der Waals surface area contributed by atoms with E-state index in [1.54, 1.807) is 0 Å². The van der Waals surface area contributed by atoms with Crippen LogP contribution in [0.3, 0.4) is 0 Å². The van der Waals surface area contributed by atoms with Crippen molar-refractivity contribution < 1.29 is 9.59 Å². The van der Waals surface area contributed by atoms with Gasteiger partial charge in [0.05, 0.1) is 0 Å². The van der Waals surface area contributed by atoms with Gasteiger partial charge in [-0.25, -0.2) is 0 Å². The molecule has 0 radical (unpaired) electrons. The van der Waals surface area contributed by atoms with Gasteiger partial charge in [0, 0.05) is 18.3 Å². The monoisotopic (exact) mass is 300 g/mol. The summed E-state index contributed by atoms with van der Waals surface area (Å²) in [5.41, 5.74) is 2.74. The summed E-state index contributed by atoms with van der Waals surface area (Å²) in [6.07, 6.45) is 8.25. The molecular formula is C20H28O2. The summed E-state index contributed by atoms with van der Waals surface area (Å²) in [5, 5.41) is 0. The van der Waals surface area contributed by atoms with Crippen molar-refractivity contribution in [2.75, 3.05) is 0 Å². The summed E-state index contributed by atoms with van der Waals surface area (Å²) in [6, 6.07) is 0. The molecule has 0 N–H and O–H groups in total. The summed E-state index contributed by atoms with van der Waals surface area (Å²) in [4.78, 5) is 24.5. The molecule has 0 spiro atoms. The van der Waals surface area contributed by atoms with Gasteiger partial charge < -0.3 is 0 Å². The SMILES string of the molecule is CC1=C2CC[C@@H]3[C@@H](CC[C@]4(C)C(=O)CC[C@@H]34)[C@@]2(C)CCC1=O. The number of carbonyl (C=O) groups excluding carboxylic acids is 2. The van der Waals surface area contributed by atoms with Crippen LogP contribution in [0.5, 0.6) is 0 Å². The third-order valence-corrected chi connectivity index (χ3v) is 8.12. The second-order valence-corrected chi connectivity index (χ2v) is 8.78. The normalized spacial score (nSPS) is 48.0. The van der Waals surface area contributed by atoms with Crippen LogP contribution in [-0.2, 0) is 9.59 Å². The lowest BCUT2D eigenvalue weighted by Crippen LogP contribution is -2.51. The molecule has 2 heteroatoms. The molecule has 4 rings (SSSR count). The molecule has 22 heavy (non-hydrogen) atoms. The van der Waals surface area contributed by atoms with Crippen molar-refractivity contribution in [1.29, 1.82) is 0 Å². The van der Waals surface area contributed by atoms with E-state index in [0.717, 1.165) is 44.1 Å². The number of hydrogen-bond donors (Lipinski definition) is 0. The zero-order chi connectivity index (χ0) is 15.7. The van der Waals surface area contributed by atoms with Crippen LogP contribution in [0.1, 0.15) is 72.1 Å². The average Bonchev–Trinajstić information content (AvgIpc) is 2.79. The lowest BCUT2D eigenvalue weighted by Gasteiger charge is -2.57. The van der Waals surface area contributed by atoms with Gasteiger partial charge in [0.1, 0.15) is 5.78 Å². The topological polar surface area (TPSA) is 34.1 Å². The predicted octanol–water partition coefficient (Wildman–Crippen LogP) is 4.48. The van der Waals surface area contributed by atoms with Crippen molar-refractivity contribution in [3.05, 3.63) is 11.1 Å². The first kappa shape index (κ1) is 14.7. The van der Waals surface area contributed by atoms with E-state index < -0.39 is 0 Å². The molecule has 4 aliphatic rings. The zero-order valence-corrected chi connectivity index (χ0v) is 14.2. The molecule has 0 amide bonds. The van der Waals surface area contributed by atoms with Crippen LogP contribution >= 0.6 is 0 Å². The van der Waals surface area contributed by atoms with E-state index in [1.807, 2.05) is 0 Å². The molecule has 3 fully saturated rings. The van der Waals surface area contributed by atoms with Gasteiger partial charge in [-0.05, 0) is 74.2 Å². The number of carbonyl (C=O) groups is 2. The van der Waals surface area contributed by atoms with E-state index in [9.17, 15) is 9.59 Å². The molecule has 0 aromatic carbocycles. The van der Waals surface area contributed by atoms with Gasteiger partial charge in [-0.15, -0.1) is 0 Å². The fourth-order valence-corrected chi connectivity index (χ4v) is 6.75. The number of fused-ring (bicyclic) bond motifs is 5. The fourth-order valence-electron chi connectivity index (χ4n) is 6.75. The number of ketones is 2. The molecule has 0 heterocycles. The molecule has 4 aliphatic carbocycles. The van der Waals surface area contributed by atoms with Gasteiger partial charge in [-0.1, -0.05) is 19.4 Å². The smallest absolute Gasteiger partial charge is 0.158 e. The van der Waals surface area contributed by atoms with Crippen LogP contribution in [0.4, 0.5) is 0 Å². The molecule has 2 nitrogen and oxygen atoms in total. The second-order valence-electron chi connectivity index (χ2n) is 8.78. The van der Waals surface area contributed by atoms with Gasteiger partial charge in [-0.2, -0.15) is 0 Å². The first-order valence-electron chi connectivity index (χ1n) is 9.14. The van der Waals surface area contributed by atoms with E-state index in [2.05, 4.69) is 20.8 Å².